The Balaban J connectivity index is 3.69. The number of hydrogen-bond acceptors (Lipinski definition) is 2. The smallest absolute Gasteiger partial charge is 0.0784 e. The van der Waals surface area contributed by atoms with E-state index in [1.165, 1.54) is 0 Å². The molecule has 0 saturated carbocycles. The fourth-order valence-corrected chi connectivity index (χ4v) is 1.06. The molecule has 0 spiro atoms. The van der Waals surface area contributed by atoms with Gasteiger partial charge < -0.3 is 10.6 Å². The molecular formula is C9H20N2S. The van der Waals surface area contributed by atoms with Gasteiger partial charge in [-0.2, -0.15) is 0 Å². The Morgan fingerprint density at radius 1 is 1.42 bits per heavy atom. The van der Waals surface area contributed by atoms with Crippen LogP contribution in [0.15, 0.2) is 0 Å². The molecule has 12 heavy (non-hydrogen) atoms. The van der Waals surface area contributed by atoms with Crippen LogP contribution in [0.5, 0.6) is 0 Å². The first kappa shape index (κ1) is 11.8. The second kappa shape index (κ2) is 4.77. The first-order chi connectivity index (χ1) is 5.36. The van der Waals surface area contributed by atoms with Crippen molar-refractivity contribution in [3.05, 3.63) is 0 Å². The summed E-state index contributed by atoms with van der Waals surface area (Å²) in [6.45, 7) is 5.31. The lowest BCUT2D eigenvalue weighted by Gasteiger charge is -2.23. The van der Waals surface area contributed by atoms with Gasteiger partial charge in [-0.15, -0.1) is 0 Å². The average molecular weight is 188 g/mol. The molecule has 0 aliphatic rings. The van der Waals surface area contributed by atoms with Crippen LogP contribution in [0.3, 0.4) is 0 Å². The fourth-order valence-electron chi connectivity index (χ4n) is 0.960. The van der Waals surface area contributed by atoms with E-state index in [0.29, 0.717) is 4.99 Å². The maximum Gasteiger partial charge on any atom is 0.0784 e. The molecule has 0 aliphatic heterocycles. The van der Waals surface area contributed by atoms with Gasteiger partial charge in [0.15, 0.2) is 0 Å². The van der Waals surface area contributed by atoms with Gasteiger partial charge >= 0.3 is 0 Å². The Labute approximate surface area is 81.1 Å². The van der Waals surface area contributed by atoms with Crippen molar-refractivity contribution in [2.45, 2.75) is 26.7 Å². The standard InChI is InChI=1S/C9H20N2S/c1-9(2,8(10)12)6-5-7-11(3)4/h5-7H2,1-4H3,(H2,10,12). The van der Waals surface area contributed by atoms with Gasteiger partial charge in [-0.3, -0.25) is 0 Å². The van der Waals surface area contributed by atoms with E-state index in [4.69, 9.17) is 18.0 Å². The molecule has 0 heterocycles. The fraction of sp³-hybridized carbons (Fsp3) is 0.889. The lowest BCUT2D eigenvalue weighted by Crippen LogP contribution is -2.30. The highest BCUT2D eigenvalue weighted by molar-refractivity contribution is 7.80. The first-order valence-corrected chi connectivity index (χ1v) is 4.72. The number of hydrogen-bond donors (Lipinski definition) is 1. The summed E-state index contributed by atoms with van der Waals surface area (Å²) in [4.78, 5) is 2.80. The van der Waals surface area contributed by atoms with Gasteiger partial charge in [0.05, 0.1) is 4.99 Å². The van der Waals surface area contributed by atoms with E-state index in [2.05, 4.69) is 32.8 Å². The third-order valence-corrected chi connectivity index (χ3v) is 2.63. The zero-order valence-corrected chi connectivity index (χ0v) is 9.37. The highest BCUT2D eigenvalue weighted by atomic mass is 32.1. The van der Waals surface area contributed by atoms with E-state index in [9.17, 15) is 0 Å². The van der Waals surface area contributed by atoms with Crippen molar-refractivity contribution >= 4 is 17.2 Å². The summed E-state index contributed by atoms with van der Waals surface area (Å²) >= 11 is 4.97. The molecule has 0 radical (unpaired) electrons. The van der Waals surface area contributed by atoms with Crippen molar-refractivity contribution in [3.63, 3.8) is 0 Å². The predicted molar refractivity (Wildman–Crippen MR) is 58.4 cm³/mol. The molecule has 0 fully saturated rings. The molecule has 0 saturated heterocycles. The average Bonchev–Trinajstić information content (AvgIpc) is 1.85. The molecule has 72 valence electrons. The van der Waals surface area contributed by atoms with Crippen LogP contribution in [-0.4, -0.2) is 30.5 Å². The van der Waals surface area contributed by atoms with Gasteiger partial charge in [-0.1, -0.05) is 26.1 Å². The molecule has 0 aromatic rings. The second-order valence-electron chi connectivity index (χ2n) is 4.15. The topological polar surface area (TPSA) is 29.3 Å². The minimum Gasteiger partial charge on any atom is -0.393 e. The maximum absolute atomic E-state index is 5.60. The van der Waals surface area contributed by atoms with Gasteiger partial charge in [0, 0.05) is 5.41 Å². The maximum atomic E-state index is 5.60. The normalized spacial score (nSPS) is 12.1. The monoisotopic (exact) mass is 188 g/mol. The molecule has 3 heteroatoms. The van der Waals surface area contributed by atoms with E-state index < -0.39 is 0 Å². The highest BCUT2D eigenvalue weighted by Crippen LogP contribution is 2.22. The third-order valence-electron chi connectivity index (χ3n) is 2.07. The molecule has 0 amide bonds. The summed E-state index contributed by atoms with van der Waals surface area (Å²) in [5, 5.41) is 0. The Morgan fingerprint density at radius 3 is 2.25 bits per heavy atom. The molecule has 0 bridgehead atoms. The van der Waals surface area contributed by atoms with Crippen molar-refractivity contribution in [1.29, 1.82) is 0 Å². The van der Waals surface area contributed by atoms with E-state index >= 15 is 0 Å². The molecule has 0 rings (SSSR count). The first-order valence-electron chi connectivity index (χ1n) is 4.31. The minimum absolute atomic E-state index is 0.0192. The number of nitrogens with two attached hydrogens (primary N) is 1. The van der Waals surface area contributed by atoms with Gasteiger partial charge in [0.1, 0.15) is 0 Å². The van der Waals surface area contributed by atoms with E-state index in [0.717, 1.165) is 19.4 Å². The van der Waals surface area contributed by atoms with E-state index in [1.54, 1.807) is 0 Å². The van der Waals surface area contributed by atoms with Crippen molar-refractivity contribution in [2.75, 3.05) is 20.6 Å². The largest absolute Gasteiger partial charge is 0.393 e. The summed E-state index contributed by atoms with van der Waals surface area (Å²) in [6.07, 6.45) is 2.22. The van der Waals surface area contributed by atoms with Gasteiger partial charge in [0.2, 0.25) is 0 Å². The van der Waals surface area contributed by atoms with Crippen LogP contribution in [0.25, 0.3) is 0 Å². The summed E-state index contributed by atoms with van der Waals surface area (Å²) in [6, 6.07) is 0. The molecular weight excluding hydrogens is 168 g/mol. The van der Waals surface area contributed by atoms with Crippen molar-refractivity contribution in [1.82, 2.24) is 4.90 Å². The van der Waals surface area contributed by atoms with E-state index in [1.807, 2.05) is 0 Å². The molecule has 0 aromatic carbocycles. The summed E-state index contributed by atoms with van der Waals surface area (Å²) in [5.74, 6) is 0. The lowest BCUT2D eigenvalue weighted by molar-refractivity contribution is 0.358. The Hall–Kier alpha value is -0.150. The van der Waals surface area contributed by atoms with Crippen molar-refractivity contribution < 1.29 is 0 Å². The zero-order chi connectivity index (χ0) is 9.78. The number of thiocarbonyl (C=S) groups is 1. The molecule has 0 aromatic heterocycles. The van der Waals surface area contributed by atoms with Gasteiger partial charge in [-0.05, 0) is 33.5 Å². The van der Waals surface area contributed by atoms with Gasteiger partial charge in [-0.25, -0.2) is 0 Å². The predicted octanol–water partition coefficient (Wildman–Crippen LogP) is 1.64. The number of rotatable bonds is 5. The lowest BCUT2D eigenvalue weighted by atomic mass is 9.88. The molecule has 0 aliphatic carbocycles. The zero-order valence-electron chi connectivity index (χ0n) is 8.55. The van der Waals surface area contributed by atoms with Crippen LogP contribution in [0.4, 0.5) is 0 Å². The van der Waals surface area contributed by atoms with Crippen LogP contribution >= 0.6 is 12.2 Å². The quantitative estimate of drug-likeness (QED) is 0.665. The van der Waals surface area contributed by atoms with Crippen LogP contribution in [0.2, 0.25) is 0 Å². The molecule has 2 N–H and O–H groups in total. The summed E-state index contributed by atoms with van der Waals surface area (Å²) in [7, 11) is 4.15. The van der Waals surface area contributed by atoms with E-state index in [-0.39, 0.29) is 5.41 Å². The summed E-state index contributed by atoms with van der Waals surface area (Å²) < 4.78 is 0. The number of nitrogens with zero attached hydrogens (tertiary/aromatic N) is 1. The van der Waals surface area contributed by atoms with Crippen molar-refractivity contribution in [2.24, 2.45) is 11.1 Å². The van der Waals surface area contributed by atoms with Gasteiger partial charge in [0.25, 0.3) is 0 Å². The highest BCUT2D eigenvalue weighted by Gasteiger charge is 2.20. The molecule has 2 nitrogen and oxygen atoms in total. The minimum atomic E-state index is 0.0192. The van der Waals surface area contributed by atoms with Crippen LogP contribution in [0.1, 0.15) is 26.7 Å². The van der Waals surface area contributed by atoms with Crippen LogP contribution in [-0.2, 0) is 0 Å². The third kappa shape index (κ3) is 4.67. The Kier molecular flexibility index (Phi) is 4.71. The molecule has 0 unspecified atom stereocenters. The van der Waals surface area contributed by atoms with Crippen LogP contribution < -0.4 is 5.73 Å². The summed E-state index contributed by atoms with van der Waals surface area (Å²) in [5.41, 5.74) is 5.62. The van der Waals surface area contributed by atoms with Crippen molar-refractivity contribution in [3.8, 4) is 0 Å². The second-order valence-corrected chi connectivity index (χ2v) is 4.59. The SMILES string of the molecule is CN(C)CCCC(C)(C)C(N)=S. The Bertz CT molecular complexity index is 153. The van der Waals surface area contributed by atoms with Crippen LogP contribution in [0, 0.1) is 5.41 Å². The molecule has 0 atom stereocenters. The Morgan fingerprint density at radius 2 is 1.92 bits per heavy atom.